The van der Waals surface area contributed by atoms with Gasteiger partial charge in [-0.25, -0.2) is 4.98 Å². The van der Waals surface area contributed by atoms with Crippen molar-refractivity contribution in [1.82, 2.24) is 9.97 Å². The molecule has 0 radical (unpaired) electrons. The molecule has 4 rings (SSSR count). The van der Waals surface area contributed by atoms with Crippen molar-refractivity contribution in [2.45, 2.75) is 18.8 Å². The Morgan fingerprint density at radius 1 is 1.12 bits per heavy atom. The first kappa shape index (κ1) is 16.9. The quantitative estimate of drug-likeness (QED) is 0.755. The van der Waals surface area contributed by atoms with Crippen molar-refractivity contribution >= 4 is 34.0 Å². The predicted octanol–water partition coefficient (Wildman–Crippen LogP) is 3.67. The maximum atomic E-state index is 6.21. The number of hydrogen-bond donors (Lipinski definition) is 1. The lowest BCUT2D eigenvalue weighted by Crippen LogP contribution is -2.34. The summed E-state index contributed by atoms with van der Waals surface area (Å²) in [6.07, 6.45) is 2.21. The van der Waals surface area contributed by atoms with E-state index in [2.05, 4.69) is 27.4 Å². The number of methoxy groups -OCH3 is 2. The lowest BCUT2D eigenvalue weighted by atomic mass is 9.95. The van der Waals surface area contributed by atoms with E-state index in [4.69, 9.17) is 20.2 Å². The maximum Gasteiger partial charge on any atom is 0.227 e. The maximum absolute atomic E-state index is 6.21. The Morgan fingerprint density at radius 2 is 1.85 bits per heavy atom. The van der Waals surface area contributed by atoms with Crippen LogP contribution in [0.3, 0.4) is 0 Å². The molecule has 0 amide bonds. The molecule has 1 aliphatic rings. The molecule has 2 N–H and O–H groups in total. The van der Waals surface area contributed by atoms with E-state index in [1.54, 1.807) is 14.2 Å². The molecule has 0 aliphatic carbocycles. The predicted molar refractivity (Wildman–Crippen MR) is 106 cm³/mol. The largest absolute Gasteiger partial charge is 0.493 e. The first-order chi connectivity index (χ1) is 12.7. The van der Waals surface area contributed by atoms with E-state index in [9.17, 15) is 0 Å². The second kappa shape index (κ2) is 6.99. The summed E-state index contributed by atoms with van der Waals surface area (Å²) in [5.74, 6) is 3.05. The number of nitrogens with zero attached hydrogens (tertiary/aromatic N) is 3. The van der Waals surface area contributed by atoms with Crippen LogP contribution in [0, 0.1) is 0 Å². The third-order valence-electron chi connectivity index (χ3n) is 4.94. The highest BCUT2D eigenvalue weighted by molar-refractivity contribution is 7.10. The number of fused-ring (bicyclic) bond motifs is 1. The van der Waals surface area contributed by atoms with Crippen molar-refractivity contribution in [2.24, 2.45) is 0 Å². The summed E-state index contributed by atoms with van der Waals surface area (Å²) in [6.45, 7) is 1.86. The zero-order valence-electron chi connectivity index (χ0n) is 14.9. The number of ether oxygens (including phenoxy) is 2. The zero-order valence-corrected chi connectivity index (χ0v) is 15.8. The number of hydrogen-bond acceptors (Lipinski definition) is 7. The van der Waals surface area contributed by atoms with E-state index in [-0.39, 0.29) is 0 Å². The molecule has 1 saturated heterocycles. The molecule has 3 aromatic rings. The summed E-state index contributed by atoms with van der Waals surface area (Å²) in [6, 6.07) is 8.04. The molecule has 1 aromatic carbocycles. The fourth-order valence-corrected chi connectivity index (χ4v) is 4.40. The fourth-order valence-electron chi connectivity index (χ4n) is 3.50. The highest BCUT2D eigenvalue weighted by Crippen LogP contribution is 2.36. The van der Waals surface area contributed by atoms with Gasteiger partial charge in [-0.3, -0.25) is 0 Å². The van der Waals surface area contributed by atoms with Gasteiger partial charge in [-0.05, 0) is 36.3 Å². The van der Waals surface area contributed by atoms with Crippen LogP contribution >= 0.6 is 11.3 Å². The Balaban J connectivity index is 1.61. The van der Waals surface area contributed by atoms with Crippen molar-refractivity contribution in [3.8, 4) is 11.5 Å². The van der Waals surface area contributed by atoms with Crippen molar-refractivity contribution in [3.05, 3.63) is 34.5 Å². The minimum absolute atomic E-state index is 0.464. The van der Waals surface area contributed by atoms with Crippen LogP contribution in [-0.2, 0) is 0 Å². The van der Waals surface area contributed by atoms with Gasteiger partial charge in [0.25, 0.3) is 0 Å². The zero-order chi connectivity index (χ0) is 18.1. The molecule has 3 heterocycles. The van der Waals surface area contributed by atoms with E-state index in [1.165, 1.54) is 4.88 Å². The number of rotatable bonds is 4. The summed E-state index contributed by atoms with van der Waals surface area (Å²) in [7, 11) is 3.22. The Kier molecular flexibility index (Phi) is 4.55. The number of anilines is 2. The number of nitrogens with two attached hydrogens (primary N) is 1. The Bertz CT molecular complexity index is 906. The van der Waals surface area contributed by atoms with E-state index >= 15 is 0 Å². The number of piperidine rings is 1. The minimum Gasteiger partial charge on any atom is -0.493 e. The van der Waals surface area contributed by atoms with E-state index < -0.39 is 0 Å². The number of nitrogen functional groups attached to an aromatic ring is 1. The van der Waals surface area contributed by atoms with Crippen LogP contribution in [0.4, 0.5) is 11.8 Å². The normalized spacial score (nSPS) is 15.4. The molecule has 0 bridgehead atoms. The van der Waals surface area contributed by atoms with Gasteiger partial charge in [0.15, 0.2) is 11.5 Å². The first-order valence-electron chi connectivity index (χ1n) is 8.67. The molecule has 7 heteroatoms. The summed E-state index contributed by atoms with van der Waals surface area (Å²) in [4.78, 5) is 13.0. The minimum atomic E-state index is 0.464. The smallest absolute Gasteiger partial charge is 0.227 e. The molecule has 0 unspecified atom stereocenters. The van der Waals surface area contributed by atoms with Crippen LogP contribution in [0.1, 0.15) is 23.6 Å². The van der Waals surface area contributed by atoms with Crippen molar-refractivity contribution in [3.63, 3.8) is 0 Å². The standard InChI is InChI=1S/C19H22N4O2S/c1-24-15-10-13-14(11-16(15)25-2)21-19(22-18(13)20)23-7-5-12(6-8-23)17-4-3-9-26-17/h3-4,9-12H,5-8H2,1-2H3,(H2,20,21,22). The van der Waals surface area contributed by atoms with Gasteiger partial charge < -0.3 is 20.1 Å². The third kappa shape index (κ3) is 3.03. The van der Waals surface area contributed by atoms with Gasteiger partial charge in [0.2, 0.25) is 5.95 Å². The Labute approximate surface area is 156 Å². The van der Waals surface area contributed by atoms with E-state index in [0.717, 1.165) is 36.8 Å². The molecule has 0 saturated carbocycles. The topological polar surface area (TPSA) is 73.5 Å². The summed E-state index contributed by atoms with van der Waals surface area (Å²) < 4.78 is 10.7. The van der Waals surface area contributed by atoms with Crippen molar-refractivity contribution in [2.75, 3.05) is 37.9 Å². The third-order valence-corrected chi connectivity index (χ3v) is 5.98. The van der Waals surface area contributed by atoms with Gasteiger partial charge in [-0.15, -0.1) is 11.3 Å². The molecular weight excluding hydrogens is 348 g/mol. The van der Waals surface area contributed by atoms with Crippen LogP contribution in [0.5, 0.6) is 11.5 Å². The summed E-state index contributed by atoms with van der Waals surface area (Å²) >= 11 is 1.84. The molecule has 0 spiro atoms. The molecule has 2 aromatic heterocycles. The molecule has 6 nitrogen and oxygen atoms in total. The molecule has 26 heavy (non-hydrogen) atoms. The van der Waals surface area contributed by atoms with Crippen LogP contribution < -0.4 is 20.1 Å². The molecular formula is C19H22N4O2S. The SMILES string of the molecule is COc1cc2nc(N3CCC(c4cccs4)CC3)nc(N)c2cc1OC. The van der Waals surface area contributed by atoms with Gasteiger partial charge in [0, 0.05) is 29.4 Å². The number of aromatic nitrogens is 2. The molecule has 136 valence electrons. The average molecular weight is 370 g/mol. The number of benzene rings is 1. The molecule has 0 atom stereocenters. The monoisotopic (exact) mass is 370 g/mol. The number of thiophene rings is 1. The average Bonchev–Trinajstić information content (AvgIpc) is 3.22. The fraction of sp³-hybridized carbons (Fsp3) is 0.368. The van der Waals surface area contributed by atoms with Crippen LogP contribution in [-0.4, -0.2) is 37.3 Å². The second-order valence-corrected chi connectivity index (χ2v) is 7.39. The lowest BCUT2D eigenvalue weighted by Gasteiger charge is -2.31. The Morgan fingerprint density at radius 3 is 2.50 bits per heavy atom. The highest BCUT2D eigenvalue weighted by atomic mass is 32.1. The van der Waals surface area contributed by atoms with Gasteiger partial charge in [-0.1, -0.05) is 6.07 Å². The van der Waals surface area contributed by atoms with Gasteiger partial charge in [0.1, 0.15) is 5.82 Å². The molecule has 1 fully saturated rings. The van der Waals surface area contributed by atoms with Crippen molar-refractivity contribution in [1.29, 1.82) is 0 Å². The second-order valence-electron chi connectivity index (χ2n) is 6.41. The van der Waals surface area contributed by atoms with Crippen molar-refractivity contribution < 1.29 is 9.47 Å². The van der Waals surface area contributed by atoms with E-state index in [1.807, 2.05) is 23.5 Å². The highest BCUT2D eigenvalue weighted by Gasteiger charge is 2.23. The van der Waals surface area contributed by atoms with Crippen LogP contribution in [0.2, 0.25) is 0 Å². The summed E-state index contributed by atoms with van der Waals surface area (Å²) in [5, 5.41) is 2.93. The van der Waals surface area contributed by atoms with Gasteiger partial charge >= 0.3 is 0 Å². The van der Waals surface area contributed by atoms with Crippen LogP contribution in [0.15, 0.2) is 29.6 Å². The lowest BCUT2D eigenvalue weighted by molar-refractivity contribution is 0.356. The first-order valence-corrected chi connectivity index (χ1v) is 9.55. The Hall–Kier alpha value is -2.54. The summed E-state index contributed by atoms with van der Waals surface area (Å²) in [5.41, 5.74) is 6.98. The molecule has 1 aliphatic heterocycles. The van der Waals surface area contributed by atoms with Gasteiger partial charge in [0.05, 0.1) is 19.7 Å². The van der Waals surface area contributed by atoms with E-state index in [0.29, 0.717) is 29.2 Å². The van der Waals surface area contributed by atoms with Gasteiger partial charge in [-0.2, -0.15) is 4.98 Å². The van der Waals surface area contributed by atoms with Crippen LogP contribution in [0.25, 0.3) is 10.9 Å².